The van der Waals surface area contributed by atoms with Crippen molar-refractivity contribution in [3.05, 3.63) is 71.8 Å². The SMILES string of the molecule is C[C@@H](Cl)[C@@H]1CN(C(=O)OC(C)(C)C)c2cc(OCc3ccccc3)c3ccccc3c21. The smallest absolute Gasteiger partial charge is 0.414 e. The fourth-order valence-electron chi connectivity index (χ4n) is 4.07. The highest BCUT2D eigenvalue weighted by atomic mass is 35.5. The van der Waals surface area contributed by atoms with Crippen LogP contribution < -0.4 is 9.64 Å². The Labute approximate surface area is 188 Å². The summed E-state index contributed by atoms with van der Waals surface area (Å²) < 4.78 is 11.9. The molecule has 3 aromatic carbocycles. The van der Waals surface area contributed by atoms with E-state index in [4.69, 9.17) is 21.1 Å². The van der Waals surface area contributed by atoms with Crippen molar-refractivity contribution < 1.29 is 14.3 Å². The summed E-state index contributed by atoms with van der Waals surface area (Å²) in [6.07, 6.45) is -0.363. The number of carbonyl (C=O) groups excluding carboxylic acids is 1. The lowest BCUT2D eigenvalue weighted by atomic mass is 9.92. The van der Waals surface area contributed by atoms with Gasteiger partial charge in [-0.2, -0.15) is 0 Å². The van der Waals surface area contributed by atoms with Crippen LogP contribution in [0.1, 0.15) is 44.7 Å². The number of nitrogens with zero attached hydrogens (tertiary/aromatic N) is 1. The standard InChI is InChI=1S/C26H28ClNO3/c1-17(27)21-15-28(25(29)31-26(2,3)4)22-14-23(30-16-18-10-6-5-7-11-18)19-12-8-9-13-20(19)24(21)22/h5-14,17,21H,15-16H2,1-4H3/t17-,21+/m1/s1. The van der Waals surface area contributed by atoms with Crippen LogP contribution in [0.5, 0.6) is 5.75 Å². The molecule has 0 bridgehead atoms. The number of alkyl halides is 1. The van der Waals surface area contributed by atoms with E-state index in [2.05, 4.69) is 12.1 Å². The van der Waals surface area contributed by atoms with Gasteiger partial charge in [0.15, 0.2) is 0 Å². The number of amides is 1. The number of halogens is 1. The molecule has 0 radical (unpaired) electrons. The van der Waals surface area contributed by atoms with Crippen molar-refractivity contribution in [3.8, 4) is 5.75 Å². The van der Waals surface area contributed by atoms with Crippen molar-refractivity contribution >= 4 is 34.2 Å². The molecular weight excluding hydrogens is 410 g/mol. The average Bonchev–Trinajstić information content (AvgIpc) is 3.12. The van der Waals surface area contributed by atoms with Crippen molar-refractivity contribution in [2.45, 2.75) is 51.2 Å². The summed E-state index contributed by atoms with van der Waals surface area (Å²) in [7, 11) is 0. The maximum absolute atomic E-state index is 13.0. The van der Waals surface area contributed by atoms with Crippen LogP contribution >= 0.6 is 11.6 Å². The molecule has 0 fully saturated rings. The molecule has 1 aliphatic rings. The molecule has 0 spiro atoms. The predicted molar refractivity (Wildman–Crippen MR) is 126 cm³/mol. The van der Waals surface area contributed by atoms with Gasteiger partial charge in [-0.25, -0.2) is 4.79 Å². The van der Waals surface area contributed by atoms with Crippen LogP contribution in [0.25, 0.3) is 10.8 Å². The molecule has 31 heavy (non-hydrogen) atoms. The Kier molecular flexibility index (Phi) is 5.85. The van der Waals surface area contributed by atoms with E-state index >= 15 is 0 Å². The normalized spacial score (nSPS) is 16.8. The first-order valence-corrected chi connectivity index (χ1v) is 11.0. The number of hydrogen-bond donors (Lipinski definition) is 0. The highest BCUT2D eigenvalue weighted by Crippen LogP contribution is 2.47. The van der Waals surface area contributed by atoms with Gasteiger partial charge in [-0.1, -0.05) is 54.6 Å². The molecule has 1 aliphatic heterocycles. The first-order chi connectivity index (χ1) is 14.7. The number of carbonyl (C=O) groups is 1. The van der Waals surface area contributed by atoms with Gasteiger partial charge in [0.25, 0.3) is 0 Å². The molecule has 0 aliphatic carbocycles. The molecule has 162 valence electrons. The summed E-state index contributed by atoms with van der Waals surface area (Å²) in [4.78, 5) is 14.7. The molecule has 0 saturated heterocycles. The van der Waals surface area contributed by atoms with Crippen molar-refractivity contribution in [2.24, 2.45) is 0 Å². The van der Waals surface area contributed by atoms with Gasteiger partial charge >= 0.3 is 6.09 Å². The van der Waals surface area contributed by atoms with Crippen LogP contribution in [0.3, 0.4) is 0 Å². The number of rotatable bonds is 4. The van der Waals surface area contributed by atoms with E-state index in [1.54, 1.807) is 4.90 Å². The molecule has 2 atom stereocenters. The molecule has 0 saturated carbocycles. The van der Waals surface area contributed by atoms with E-state index in [-0.39, 0.29) is 17.4 Å². The lowest BCUT2D eigenvalue weighted by molar-refractivity contribution is 0.0582. The van der Waals surface area contributed by atoms with Gasteiger partial charge in [-0.15, -0.1) is 11.6 Å². The molecule has 4 rings (SSSR count). The number of anilines is 1. The van der Waals surface area contributed by atoms with E-state index < -0.39 is 5.60 Å². The van der Waals surface area contributed by atoms with E-state index in [9.17, 15) is 4.79 Å². The number of benzene rings is 3. The Bertz CT molecular complexity index is 1090. The van der Waals surface area contributed by atoms with Gasteiger partial charge in [-0.05, 0) is 44.2 Å². The fourth-order valence-corrected chi connectivity index (χ4v) is 4.28. The van der Waals surface area contributed by atoms with Crippen molar-refractivity contribution in [3.63, 3.8) is 0 Å². The Morgan fingerprint density at radius 1 is 1.10 bits per heavy atom. The summed E-state index contributed by atoms with van der Waals surface area (Å²) in [5, 5.41) is 1.95. The lowest BCUT2D eigenvalue weighted by Crippen LogP contribution is -2.36. The minimum Gasteiger partial charge on any atom is -0.488 e. The molecule has 1 heterocycles. The number of fused-ring (bicyclic) bond motifs is 3. The van der Waals surface area contributed by atoms with Crippen LogP contribution in [0, 0.1) is 0 Å². The second kappa shape index (κ2) is 8.43. The average molecular weight is 438 g/mol. The second-order valence-electron chi connectivity index (χ2n) is 9.00. The topological polar surface area (TPSA) is 38.8 Å². The zero-order valence-corrected chi connectivity index (χ0v) is 19.1. The van der Waals surface area contributed by atoms with Crippen LogP contribution in [-0.2, 0) is 11.3 Å². The van der Waals surface area contributed by atoms with Gasteiger partial charge in [0, 0.05) is 29.3 Å². The third-order valence-electron chi connectivity index (χ3n) is 5.47. The minimum atomic E-state index is -0.578. The third-order valence-corrected chi connectivity index (χ3v) is 5.78. The van der Waals surface area contributed by atoms with E-state index in [1.807, 2.05) is 76.2 Å². The fraction of sp³-hybridized carbons (Fsp3) is 0.346. The summed E-state index contributed by atoms with van der Waals surface area (Å²) in [5.41, 5.74) is 2.40. The molecule has 3 aromatic rings. The second-order valence-corrected chi connectivity index (χ2v) is 9.69. The summed E-state index contributed by atoms with van der Waals surface area (Å²) in [6.45, 7) is 8.53. The maximum Gasteiger partial charge on any atom is 0.414 e. The van der Waals surface area contributed by atoms with E-state index in [0.717, 1.165) is 33.3 Å². The Hall–Kier alpha value is -2.72. The van der Waals surface area contributed by atoms with Gasteiger partial charge in [0.1, 0.15) is 18.0 Å². The molecular formula is C26H28ClNO3. The van der Waals surface area contributed by atoms with Gasteiger partial charge < -0.3 is 9.47 Å². The van der Waals surface area contributed by atoms with Crippen molar-refractivity contribution in [1.82, 2.24) is 0 Å². The van der Waals surface area contributed by atoms with E-state index in [1.165, 1.54) is 0 Å². The number of hydrogen-bond acceptors (Lipinski definition) is 3. The lowest BCUT2D eigenvalue weighted by Gasteiger charge is -2.25. The third kappa shape index (κ3) is 4.49. The zero-order valence-electron chi connectivity index (χ0n) is 18.4. The van der Waals surface area contributed by atoms with Crippen molar-refractivity contribution in [2.75, 3.05) is 11.4 Å². The van der Waals surface area contributed by atoms with Crippen LogP contribution in [0.15, 0.2) is 60.7 Å². The summed E-state index contributed by atoms with van der Waals surface area (Å²) >= 11 is 6.59. The van der Waals surface area contributed by atoms with Gasteiger partial charge in [-0.3, -0.25) is 4.90 Å². The monoisotopic (exact) mass is 437 g/mol. The van der Waals surface area contributed by atoms with Crippen LogP contribution in [0.2, 0.25) is 0 Å². The minimum absolute atomic E-state index is 0.0114. The molecule has 1 amide bonds. The van der Waals surface area contributed by atoms with E-state index in [0.29, 0.717) is 13.2 Å². The Balaban J connectivity index is 1.80. The summed E-state index contributed by atoms with van der Waals surface area (Å²) in [6, 6.07) is 20.2. The first kappa shape index (κ1) is 21.5. The number of ether oxygens (including phenoxy) is 2. The van der Waals surface area contributed by atoms with Gasteiger partial charge in [0.2, 0.25) is 0 Å². The van der Waals surface area contributed by atoms with Crippen LogP contribution in [-0.4, -0.2) is 23.6 Å². The molecule has 0 aromatic heterocycles. The summed E-state index contributed by atoms with van der Waals surface area (Å²) in [5.74, 6) is 0.756. The molecule has 4 nitrogen and oxygen atoms in total. The first-order valence-electron chi connectivity index (χ1n) is 10.6. The molecule has 0 unspecified atom stereocenters. The largest absolute Gasteiger partial charge is 0.488 e. The molecule has 0 N–H and O–H groups in total. The van der Waals surface area contributed by atoms with Gasteiger partial charge in [0.05, 0.1) is 5.69 Å². The Morgan fingerprint density at radius 3 is 2.39 bits per heavy atom. The Morgan fingerprint density at radius 2 is 1.74 bits per heavy atom. The zero-order chi connectivity index (χ0) is 22.2. The van der Waals surface area contributed by atoms with Crippen LogP contribution in [0.4, 0.5) is 10.5 Å². The maximum atomic E-state index is 13.0. The quantitative estimate of drug-likeness (QED) is 0.417. The predicted octanol–water partition coefficient (Wildman–Crippen LogP) is 6.88. The highest BCUT2D eigenvalue weighted by molar-refractivity contribution is 6.21. The molecule has 5 heteroatoms. The van der Waals surface area contributed by atoms with Crippen molar-refractivity contribution in [1.29, 1.82) is 0 Å². The highest BCUT2D eigenvalue weighted by Gasteiger charge is 2.39.